The van der Waals surface area contributed by atoms with Crippen LogP contribution in [0.3, 0.4) is 0 Å². The molecule has 7 nitrogen and oxygen atoms in total. The Morgan fingerprint density at radius 3 is 2.57 bits per heavy atom. The number of rotatable bonds is 5. The average molecular weight is 375 g/mol. The molecule has 4 rings (SSSR count). The van der Waals surface area contributed by atoms with E-state index in [9.17, 15) is 9.59 Å². The third kappa shape index (κ3) is 3.22. The lowest BCUT2D eigenvalue weighted by molar-refractivity contribution is 0.0723. The highest BCUT2D eigenvalue weighted by atomic mass is 16.2. The van der Waals surface area contributed by atoms with E-state index in [1.165, 1.54) is 4.90 Å². The SMILES string of the molecule is CC1c2ccccc2C(=O)N1Cc1ccc(N(Cc2cn[nH]c2)C(N)=O)cc1. The van der Waals surface area contributed by atoms with Crippen LogP contribution in [0.2, 0.25) is 0 Å². The molecule has 7 heteroatoms. The second-order valence-corrected chi connectivity index (χ2v) is 6.89. The van der Waals surface area contributed by atoms with Crippen molar-refractivity contribution in [3.8, 4) is 0 Å². The number of benzene rings is 2. The van der Waals surface area contributed by atoms with Gasteiger partial charge in [0.1, 0.15) is 0 Å². The van der Waals surface area contributed by atoms with Gasteiger partial charge in [-0.05, 0) is 36.2 Å². The van der Waals surface area contributed by atoms with Crippen LogP contribution in [-0.2, 0) is 13.1 Å². The molecule has 2 aromatic carbocycles. The Bertz CT molecular complexity index is 998. The van der Waals surface area contributed by atoms with Crippen molar-refractivity contribution in [2.45, 2.75) is 26.1 Å². The first-order valence-electron chi connectivity index (χ1n) is 9.08. The van der Waals surface area contributed by atoms with Gasteiger partial charge in [-0.3, -0.25) is 14.8 Å². The maximum absolute atomic E-state index is 12.7. The predicted molar refractivity (Wildman–Crippen MR) is 106 cm³/mol. The number of urea groups is 1. The maximum atomic E-state index is 12.7. The molecular formula is C21H21N5O2. The summed E-state index contributed by atoms with van der Waals surface area (Å²) in [6, 6.07) is 14.8. The summed E-state index contributed by atoms with van der Waals surface area (Å²) in [6.45, 7) is 2.88. The lowest BCUT2D eigenvalue weighted by atomic mass is 10.1. The Morgan fingerprint density at radius 2 is 1.93 bits per heavy atom. The third-order valence-corrected chi connectivity index (χ3v) is 5.13. The number of fused-ring (bicyclic) bond motifs is 1. The van der Waals surface area contributed by atoms with Gasteiger partial charge < -0.3 is 10.6 Å². The second-order valence-electron chi connectivity index (χ2n) is 6.89. The molecule has 0 saturated heterocycles. The van der Waals surface area contributed by atoms with Crippen molar-refractivity contribution in [1.29, 1.82) is 0 Å². The number of hydrogen-bond acceptors (Lipinski definition) is 3. The molecule has 0 fully saturated rings. The quantitative estimate of drug-likeness (QED) is 0.717. The summed E-state index contributed by atoms with van der Waals surface area (Å²) in [6.07, 6.45) is 3.38. The number of carbonyl (C=O) groups is 2. The van der Waals surface area contributed by atoms with Crippen LogP contribution in [0.4, 0.5) is 10.5 Å². The summed E-state index contributed by atoms with van der Waals surface area (Å²) in [4.78, 5) is 27.9. The lowest BCUT2D eigenvalue weighted by Crippen LogP contribution is -2.35. The summed E-state index contributed by atoms with van der Waals surface area (Å²) in [5.41, 5.74) is 9.92. The Balaban J connectivity index is 1.50. The number of H-pyrrole nitrogens is 1. The molecule has 1 atom stereocenters. The number of nitrogens with one attached hydrogen (secondary N) is 1. The van der Waals surface area contributed by atoms with E-state index in [1.54, 1.807) is 12.4 Å². The molecule has 0 saturated carbocycles. The van der Waals surface area contributed by atoms with E-state index in [2.05, 4.69) is 10.2 Å². The van der Waals surface area contributed by atoms with Gasteiger partial charge in [0.2, 0.25) is 0 Å². The van der Waals surface area contributed by atoms with Crippen LogP contribution < -0.4 is 10.6 Å². The first kappa shape index (κ1) is 17.8. The zero-order valence-electron chi connectivity index (χ0n) is 15.5. The molecule has 1 aromatic heterocycles. The molecule has 1 unspecified atom stereocenters. The number of nitrogens with zero attached hydrogens (tertiary/aromatic N) is 3. The minimum absolute atomic E-state index is 0.0339. The fourth-order valence-corrected chi connectivity index (χ4v) is 3.58. The van der Waals surface area contributed by atoms with E-state index in [-0.39, 0.29) is 11.9 Å². The van der Waals surface area contributed by atoms with Crippen molar-refractivity contribution in [3.05, 3.63) is 83.2 Å². The molecule has 3 amide bonds. The molecule has 3 N–H and O–H groups in total. The van der Waals surface area contributed by atoms with E-state index in [4.69, 9.17) is 5.73 Å². The molecule has 0 spiro atoms. The van der Waals surface area contributed by atoms with Gasteiger partial charge in [0.15, 0.2) is 0 Å². The Kier molecular flexibility index (Phi) is 4.57. The topological polar surface area (TPSA) is 95.3 Å². The highest BCUT2D eigenvalue weighted by Gasteiger charge is 2.33. The normalized spacial score (nSPS) is 15.5. The van der Waals surface area contributed by atoms with Gasteiger partial charge in [-0.1, -0.05) is 30.3 Å². The smallest absolute Gasteiger partial charge is 0.319 e. The van der Waals surface area contributed by atoms with Crippen LogP contribution in [-0.4, -0.2) is 27.0 Å². The van der Waals surface area contributed by atoms with Crippen LogP contribution in [0.1, 0.15) is 40.0 Å². The van der Waals surface area contributed by atoms with E-state index in [1.807, 2.05) is 60.4 Å². The molecule has 3 aromatic rings. The maximum Gasteiger partial charge on any atom is 0.319 e. The summed E-state index contributed by atoms with van der Waals surface area (Å²) in [7, 11) is 0. The van der Waals surface area contributed by atoms with Crippen LogP contribution in [0.15, 0.2) is 60.9 Å². The first-order valence-corrected chi connectivity index (χ1v) is 9.08. The summed E-state index contributed by atoms with van der Waals surface area (Å²) >= 11 is 0. The molecule has 142 valence electrons. The lowest BCUT2D eigenvalue weighted by Gasteiger charge is -2.23. The highest BCUT2D eigenvalue weighted by Crippen LogP contribution is 2.34. The fraction of sp³-hybridized carbons (Fsp3) is 0.190. The van der Waals surface area contributed by atoms with Gasteiger partial charge in [0, 0.05) is 29.6 Å². The number of aromatic nitrogens is 2. The molecule has 0 bridgehead atoms. The number of carbonyl (C=O) groups excluding carboxylic acids is 2. The second kappa shape index (κ2) is 7.19. The van der Waals surface area contributed by atoms with Gasteiger partial charge in [0.25, 0.3) is 5.91 Å². The molecule has 0 aliphatic carbocycles. The van der Waals surface area contributed by atoms with Gasteiger partial charge >= 0.3 is 6.03 Å². The van der Waals surface area contributed by atoms with Gasteiger partial charge in [0.05, 0.1) is 18.8 Å². The number of hydrogen-bond donors (Lipinski definition) is 2. The Labute approximate surface area is 162 Å². The molecule has 1 aliphatic heterocycles. The number of anilines is 1. The number of aromatic amines is 1. The fourth-order valence-electron chi connectivity index (χ4n) is 3.58. The Morgan fingerprint density at radius 1 is 1.18 bits per heavy atom. The van der Waals surface area contributed by atoms with E-state index >= 15 is 0 Å². The molecule has 28 heavy (non-hydrogen) atoms. The highest BCUT2D eigenvalue weighted by molar-refractivity contribution is 5.99. The van der Waals surface area contributed by atoms with Gasteiger partial charge in [-0.15, -0.1) is 0 Å². The van der Waals surface area contributed by atoms with E-state index in [0.29, 0.717) is 18.8 Å². The van der Waals surface area contributed by atoms with Crippen molar-refractivity contribution in [2.24, 2.45) is 5.73 Å². The molecule has 0 radical (unpaired) electrons. The zero-order chi connectivity index (χ0) is 19.7. The summed E-state index contributed by atoms with van der Waals surface area (Å²) in [5.74, 6) is 0.0471. The average Bonchev–Trinajstić information content (AvgIpc) is 3.30. The Hall–Kier alpha value is -3.61. The van der Waals surface area contributed by atoms with Crippen molar-refractivity contribution in [2.75, 3.05) is 4.90 Å². The predicted octanol–water partition coefficient (Wildman–Crippen LogP) is 3.21. The number of amides is 3. The van der Waals surface area contributed by atoms with Crippen LogP contribution in [0, 0.1) is 0 Å². The molecule has 1 aliphatic rings. The van der Waals surface area contributed by atoms with Gasteiger partial charge in [-0.2, -0.15) is 5.10 Å². The monoisotopic (exact) mass is 375 g/mol. The summed E-state index contributed by atoms with van der Waals surface area (Å²) < 4.78 is 0. The van der Waals surface area contributed by atoms with E-state index < -0.39 is 6.03 Å². The van der Waals surface area contributed by atoms with E-state index in [0.717, 1.165) is 22.3 Å². The van der Waals surface area contributed by atoms with Crippen molar-refractivity contribution in [1.82, 2.24) is 15.1 Å². The first-order chi connectivity index (χ1) is 13.5. The third-order valence-electron chi connectivity index (χ3n) is 5.13. The zero-order valence-corrected chi connectivity index (χ0v) is 15.5. The number of primary amides is 1. The number of nitrogens with two attached hydrogens (primary N) is 1. The van der Waals surface area contributed by atoms with Crippen molar-refractivity contribution < 1.29 is 9.59 Å². The molecule has 2 heterocycles. The van der Waals surface area contributed by atoms with Crippen LogP contribution in [0.25, 0.3) is 0 Å². The van der Waals surface area contributed by atoms with Gasteiger partial charge in [-0.25, -0.2) is 4.79 Å². The minimum Gasteiger partial charge on any atom is -0.351 e. The minimum atomic E-state index is -0.534. The summed E-state index contributed by atoms with van der Waals surface area (Å²) in [5, 5.41) is 6.61. The largest absolute Gasteiger partial charge is 0.351 e. The van der Waals surface area contributed by atoms with Crippen LogP contribution >= 0.6 is 0 Å². The van der Waals surface area contributed by atoms with Crippen LogP contribution in [0.5, 0.6) is 0 Å². The van der Waals surface area contributed by atoms with Crippen molar-refractivity contribution in [3.63, 3.8) is 0 Å². The standard InChI is InChI=1S/C21H21N5O2/c1-14-18-4-2-3-5-19(18)20(27)25(14)12-15-6-8-17(9-7-15)26(21(22)28)13-16-10-23-24-11-16/h2-11,14H,12-13H2,1H3,(H2,22,28)(H,23,24). The van der Waals surface area contributed by atoms with Crippen molar-refractivity contribution >= 4 is 17.6 Å². The molecular weight excluding hydrogens is 354 g/mol.